The van der Waals surface area contributed by atoms with Crippen LogP contribution >= 0.6 is 0 Å². The number of halogens is 1. The molecule has 2 nitrogen and oxygen atoms in total. The van der Waals surface area contributed by atoms with Crippen molar-refractivity contribution in [2.45, 2.75) is 32.4 Å². The van der Waals surface area contributed by atoms with E-state index in [0.717, 1.165) is 12.1 Å². The largest absolute Gasteiger partial charge is 0.370 e. The van der Waals surface area contributed by atoms with Crippen molar-refractivity contribution >= 4 is 0 Å². The summed E-state index contributed by atoms with van der Waals surface area (Å²) in [5, 5.41) is 3.39. The second kappa shape index (κ2) is 4.15. The average molecular weight is 223 g/mol. The van der Waals surface area contributed by atoms with E-state index < -0.39 is 0 Å². The summed E-state index contributed by atoms with van der Waals surface area (Å²) in [4.78, 5) is 0. The van der Waals surface area contributed by atoms with Gasteiger partial charge < -0.3 is 10.1 Å². The number of morpholine rings is 1. The first kappa shape index (κ1) is 11.6. The van der Waals surface area contributed by atoms with E-state index >= 15 is 0 Å². The Labute approximate surface area is 95.8 Å². The number of ether oxygens (including phenoxy) is 1. The molecule has 1 aromatic carbocycles. The number of hydrogen-bond donors (Lipinski definition) is 1. The molecule has 88 valence electrons. The van der Waals surface area contributed by atoms with Gasteiger partial charge in [0, 0.05) is 12.1 Å². The monoisotopic (exact) mass is 223 g/mol. The van der Waals surface area contributed by atoms with Gasteiger partial charge in [0.15, 0.2) is 0 Å². The Balaban J connectivity index is 2.11. The number of nitrogens with one attached hydrogen (secondary N) is 1. The van der Waals surface area contributed by atoms with E-state index in [9.17, 15) is 4.39 Å². The quantitative estimate of drug-likeness (QED) is 0.790. The molecular weight excluding hydrogens is 205 g/mol. The van der Waals surface area contributed by atoms with Crippen molar-refractivity contribution in [1.82, 2.24) is 5.32 Å². The molecule has 1 N–H and O–H groups in total. The van der Waals surface area contributed by atoms with Crippen LogP contribution < -0.4 is 5.32 Å². The third-order valence-corrected chi connectivity index (χ3v) is 2.98. The van der Waals surface area contributed by atoms with E-state index in [4.69, 9.17) is 4.74 Å². The van der Waals surface area contributed by atoms with Crippen LogP contribution in [0.2, 0.25) is 0 Å². The molecular formula is C13H18FNO. The highest BCUT2D eigenvalue weighted by Gasteiger charge is 2.27. The van der Waals surface area contributed by atoms with Crippen molar-refractivity contribution in [3.8, 4) is 0 Å². The van der Waals surface area contributed by atoms with Crippen molar-refractivity contribution in [1.29, 1.82) is 0 Å². The third kappa shape index (κ3) is 2.42. The second-order valence-corrected chi connectivity index (χ2v) is 5.07. The van der Waals surface area contributed by atoms with E-state index in [1.807, 2.05) is 6.07 Å². The van der Waals surface area contributed by atoms with Crippen LogP contribution in [0, 0.1) is 12.7 Å². The van der Waals surface area contributed by atoms with Gasteiger partial charge >= 0.3 is 0 Å². The van der Waals surface area contributed by atoms with E-state index in [1.54, 1.807) is 19.1 Å². The topological polar surface area (TPSA) is 21.3 Å². The molecule has 1 aliphatic rings. The van der Waals surface area contributed by atoms with Crippen LogP contribution in [0.15, 0.2) is 18.2 Å². The maximum absolute atomic E-state index is 13.4. The van der Waals surface area contributed by atoms with Crippen molar-refractivity contribution in [2.75, 3.05) is 13.2 Å². The molecule has 0 amide bonds. The first-order valence-electron chi connectivity index (χ1n) is 5.61. The van der Waals surface area contributed by atoms with Gasteiger partial charge in [0.2, 0.25) is 0 Å². The molecule has 0 saturated carbocycles. The minimum Gasteiger partial charge on any atom is -0.370 e. The number of hydrogen-bond acceptors (Lipinski definition) is 2. The molecule has 1 aromatic rings. The summed E-state index contributed by atoms with van der Waals surface area (Å²) in [7, 11) is 0. The SMILES string of the molecule is Cc1ccc(C2CNC(C)(C)CO2)cc1F. The summed E-state index contributed by atoms with van der Waals surface area (Å²) < 4.78 is 19.2. The van der Waals surface area contributed by atoms with Gasteiger partial charge in [-0.05, 0) is 38.0 Å². The third-order valence-electron chi connectivity index (χ3n) is 2.98. The highest BCUT2D eigenvalue weighted by atomic mass is 19.1. The van der Waals surface area contributed by atoms with Crippen LogP contribution in [0.4, 0.5) is 4.39 Å². The normalized spacial score (nSPS) is 24.4. The van der Waals surface area contributed by atoms with Gasteiger partial charge in [-0.25, -0.2) is 4.39 Å². The van der Waals surface area contributed by atoms with Gasteiger partial charge in [-0.15, -0.1) is 0 Å². The fourth-order valence-corrected chi connectivity index (χ4v) is 1.81. The Morgan fingerprint density at radius 1 is 1.44 bits per heavy atom. The highest BCUT2D eigenvalue weighted by molar-refractivity contribution is 5.25. The van der Waals surface area contributed by atoms with Crippen LogP contribution in [0.25, 0.3) is 0 Å². The van der Waals surface area contributed by atoms with Crippen molar-refractivity contribution in [3.05, 3.63) is 35.1 Å². The van der Waals surface area contributed by atoms with Crippen LogP contribution in [0.5, 0.6) is 0 Å². The standard InChI is InChI=1S/C13H18FNO/c1-9-4-5-10(6-11(9)14)12-7-15-13(2,3)8-16-12/h4-6,12,15H,7-8H2,1-3H3. The molecule has 0 spiro atoms. The van der Waals surface area contributed by atoms with Gasteiger partial charge in [0.05, 0.1) is 12.7 Å². The first-order valence-corrected chi connectivity index (χ1v) is 5.61. The molecule has 1 saturated heterocycles. The Morgan fingerprint density at radius 3 is 2.75 bits per heavy atom. The molecule has 1 heterocycles. The lowest BCUT2D eigenvalue weighted by Gasteiger charge is -2.36. The molecule has 0 radical (unpaired) electrons. The van der Waals surface area contributed by atoms with E-state index in [0.29, 0.717) is 12.2 Å². The van der Waals surface area contributed by atoms with Gasteiger partial charge in [-0.1, -0.05) is 12.1 Å². The van der Waals surface area contributed by atoms with Gasteiger partial charge in [-0.2, -0.15) is 0 Å². The van der Waals surface area contributed by atoms with Crippen LogP contribution in [0.1, 0.15) is 31.1 Å². The molecule has 1 atom stereocenters. The van der Waals surface area contributed by atoms with Crippen LogP contribution in [-0.4, -0.2) is 18.7 Å². The molecule has 1 aliphatic heterocycles. The molecule has 1 fully saturated rings. The summed E-state index contributed by atoms with van der Waals surface area (Å²) in [5.41, 5.74) is 1.60. The highest BCUT2D eigenvalue weighted by Crippen LogP contribution is 2.24. The fraction of sp³-hybridized carbons (Fsp3) is 0.538. The lowest BCUT2D eigenvalue weighted by molar-refractivity contribution is -0.0230. The minimum absolute atomic E-state index is 0.0136. The smallest absolute Gasteiger partial charge is 0.126 e. The maximum Gasteiger partial charge on any atom is 0.126 e. The Kier molecular flexibility index (Phi) is 3.00. The van der Waals surface area contributed by atoms with Gasteiger partial charge in [0.25, 0.3) is 0 Å². The zero-order valence-electron chi connectivity index (χ0n) is 10.0. The van der Waals surface area contributed by atoms with E-state index in [-0.39, 0.29) is 17.5 Å². The summed E-state index contributed by atoms with van der Waals surface area (Å²) in [6.07, 6.45) is -0.0388. The molecule has 16 heavy (non-hydrogen) atoms. The van der Waals surface area contributed by atoms with Crippen LogP contribution in [0.3, 0.4) is 0 Å². The summed E-state index contributed by atoms with van der Waals surface area (Å²) in [6.45, 7) is 7.34. The minimum atomic E-state index is -0.161. The molecule has 0 aliphatic carbocycles. The molecule has 1 unspecified atom stereocenters. The first-order chi connectivity index (χ1) is 7.48. The lowest BCUT2D eigenvalue weighted by atomic mass is 10.0. The van der Waals surface area contributed by atoms with Gasteiger partial charge in [0.1, 0.15) is 5.82 Å². The van der Waals surface area contributed by atoms with Crippen molar-refractivity contribution in [2.24, 2.45) is 0 Å². The van der Waals surface area contributed by atoms with Crippen molar-refractivity contribution in [3.63, 3.8) is 0 Å². The number of rotatable bonds is 1. The fourth-order valence-electron chi connectivity index (χ4n) is 1.81. The van der Waals surface area contributed by atoms with Crippen molar-refractivity contribution < 1.29 is 9.13 Å². The number of benzene rings is 1. The molecule has 2 rings (SSSR count). The molecule has 0 aromatic heterocycles. The Hall–Kier alpha value is -0.930. The predicted octanol–water partition coefficient (Wildman–Crippen LogP) is 2.57. The molecule has 3 heteroatoms. The summed E-state index contributed by atoms with van der Waals surface area (Å²) in [6, 6.07) is 5.30. The summed E-state index contributed by atoms with van der Waals surface area (Å²) >= 11 is 0. The number of aryl methyl sites for hydroxylation is 1. The van der Waals surface area contributed by atoms with Gasteiger partial charge in [-0.3, -0.25) is 0 Å². The van der Waals surface area contributed by atoms with E-state index in [1.165, 1.54) is 0 Å². The average Bonchev–Trinajstić information content (AvgIpc) is 2.22. The predicted molar refractivity (Wildman–Crippen MR) is 61.9 cm³/mol. The maximum atomic E-state index is 13.4. The summed E-state index contributed by atoms with van der Waals surface area (Å²) in [5.74, 6) is -0.161. The van der Waals surface area contributed by atoms with Crippen LogP contribution in [-0.2, 0) is 4.74 Å². The lowest BCUT2D eigenvalue weighted by Crippen LogP contribution is -2.50. The zero-order valence-corrected chi connectivity index (χ0v) is 10.0. The Morgan fingerprint density at radius 2 is 2.19 bits per heavy atom. The molecule has 0 bridgehead atoms. The van der Waals surface area contributed by atoms with E-state index in [2.05, 4.69) is 19.2 Å². The zero-order chi connectivity index (χ0) is 11.8. The Bertz CT molecular complexity index is 380. The second-order valence-electron chi connectivity index (χ2n) is 5.07.